The van der Waals surface area contributed by atoms with Crippen molar-refractivity contribution in [2.45, 2.75) is 62.3 Å². The summed E-state index contributed by atoms with van der Waals surface area (Å²) in [6.07, 6.45) is 8.64. The third kappa shape index (κ3) is 23.6. The number of benzene rings is 4. The maximum Gasteiger partial charge on any atom is 0.0902 e. The number of para-hydroxylation sites is 1. The summed E-state index contributed by atoms with van der Waals surface area (Å²) in [5.41, 5.74) is 4.92. The zero-order valence-electron chi connectivity index (χ0n) is 32.1. The van der Waals surface area contributed by atoms with Gasteiger partial charge in [0, 0.05) is 24.0 Å². The minimum Gasteiger partial charge on any atom is -0.473 e. The summed E-state index contributed by atoms with van der Waals surface area (Å²) in [5, 5.41) is 7.94. The fourth-order valence-corrected chi connectivity index (χ4v) is 4.24. The van der Waals surface area contributed by atoms with Gasteiger partial charge in [0.15, 0.2) is 0 Å². The van der Waals surface area contributed by atoms with Gasteiger partial charge in [-0.05, 0) is 84.3 Å². The second-order valence-electron chi connectivity index (χ2n) is 9.82. The molecule has 0 saturated carbocycles. The predicted octanol–water partition coefficient (Wildman–Crippen LogP) is 14.9. The van der Waals surface area contributed by atoms with Gasteiger partial charge >= 0.3 is 0 Å². The minimum atomic E-state index is 1.07. The van der Waals surface area contributed by atoms with Crippen LogP contribution in [-0.4, -0.2) is 9.97 Å². The molecule has 0 fully saturated rings. The van der Waals surface area contributed by atoms with Crippen LogP contribution in [-0.2, 0) is 0 Å². The van der Waals surface area contributed by atoms with Crippen LogP contribution >= 0.6 is 11.3 Å². The first-order chi connectivity index (χ1) is 25.1. The fourth-order valence-electron chi connectivity index (χ4n) is 3.79. The maximum absolute atomic E-state index is 4.58. The van der Waals surface area contributed by atoms with E-state index in [0.29, 0.717) is 0 Å². The Hall–Kier alpha value is -5.32. The normalized spacial score (nSPS) is 8.49. The van der Waals surface area contributed by atoms with Crippen LogP contribution in [0.3, 0.4) is 0 Å². The lowest BCUT2D eigenvalue weighted by Gasteiger charge is -1.96. The third-order valence-electron chi connectivity index (χ3n) is 5.99. The molecule has 0 spiro atoms. The quantitative estimate of drug-likeness (QED) is 0.158. The van der Waals surface area contributed by atoms with Crippen LogP contribution in [0.1, 0.15) is 58.2 Å². The Balaban J connectivity index is 0.000000586. The second kappa shape index (κ2) is 33.2. The molecule has 8 aromatic rings. The summed E-state index contributed by atoms with van der Waals surface area (Å²) in [7, 11) is 0. The van der Waals surface area contributed by atoms with Gasteiger partial charge in [-0.3, -0.25) is 9.97 Å². The Morgan fingerprint density at radius 2 is 0.941 bits per heavy atom. The average Bonchev–Trinajstić information content (AvgIpc) is 4.00. The summed E-state index contributed by atoms with van der Waals surface area (Å²) >= 11 is 1.71. The molecule has 0 aliphatic carbocycles. The molecule has 4 aromatic carbocycles. The number of aryl methyl sites for hydroxylation is 3. The van der Waals surface area contributed by atoms with Gasteiger partial charge in [-0.1, -0.05) is 162 Å². The monoisotopic (exact) mass is 698 g/mol. The van der Waals surface area contributed by atoms with E-state index in [9.17, 15) is 0 Å². The zero-order valence-corrected chi connectivity index (χ0v) is 32.9. The Bertz CT molecular complexity index is 1660. The molecule has 8 rings (SSSR count). The lowest BCUT2D eigenvalue weighted by Crippen LogP contribution is -1.78. The van der Waals surface area contributed by atoms with Crippen molar-refractivity contribution >= 4 is 33.0 Å². The van der Waals surface area contributed by atoms with Crippen LogP contribution in [0.15, 0.2) is 192 Å². The molecule has 0 N–H and O–H groups in total. The Labute approximate surface area is 312 Å². The Morgan fingerprint density at radius 1 is 0.431 bits per heavy atom. The summed E-state index contributed by atoms with van der Waals surface area (Å²) in [6, 6.07) is 48.9. The first kappa shape index (κ1) is 45.7. The highest BCUT2D eigenvalue weighted by Crippen LogP contribution is 2.14. The van der Waals surface area contributed by atoms with E-state index in [-0.39, 0.29) is 0 Å². The summed E-state index contributed by atoms with van der Waals surface area (Å²) in [5.74, 6) is 0. The van der Waals surface area contributed by atoms with Gasteiger partial charge in [-0.25, -0.2) is 0 Å². The van der Waals surface area contributed by atoms with Crippen molar-refractivity contribution in [3.8, 4) is 0 Å². The molecule has 0 atom stereocenters. The zero-order chi connectivity index (χ0) is 37.8. The average molecular weight is 699 g/mol. The highest BCUT2D eigenvalue weighted by molar-refractivity contribution is 7.07. The third-order valence-corrected chi connectivity index (χ3v) is 6.62. The number of rotatable bonds is 0. The fraction of sp³-hybridized carbons (Fsp3) is 0.191. The van der Waals surface area contributed by atoms with E-state index < -0.39 is 0 Å². The number of fused-ring (bicyclic) bond motifs is 2. The first-order valence-electron chi connectivity index (χ1n) is 17.7. The SMILES string of the molecule is CC.CC.CC.Cc1ccc2ccccc2c1.Cc1ccccc1.Cc1cnc2ccccc2c1.c1ccncc1.c1ccoc1.c1ccsc1. The predicted molar refractivity (Wildman–Crippen MR) is 228 cm³/mol. The Morgan fingerprint density at radius 3 is 1.39 bits per heavy atom. The van der Waals surface area contributed by atoms with Crippen molar-refractivity contribution in [1.82, 2.24) is 9.97 Å². The molecule has 4 heteroatoms. The van der Waals surface area contributed by atoms with Crippen molar-refractivity contribution < 1.29 is 4.42 Å². The highest BCUT2D eigenvalue weighted by atomic mass is 32.1. The second-order valence-corrected chi connectivity index (χ2v) is 10.6. The number of hydrogen-bond acceptors (Lipinski definition) is 4. The lowest BCUT2D eigenvalue weighted by atomic mass is 10.1. The minimum absolute atomic E-state index is 1.07. The molecule has 0 aliphatic heterocycles. The molecule has 268 valence electrons. The molecule has 51 heavy (non-hydrogen) atoms. The van der Waals surface area contributed by atoms with Crippen molar-refractivity contribution in [1.29, 1.82) is 0 Å². The van der Waals surface area contributed by atoms with Crippen LogP contribution in [0.25, 0.3) is 21.7 Å². The van der Waals surface area contributed by atoms with Gasteiger partial charge < -0.3 is 4.42 Å². The van der Waals surface area contributed by atoms with Crippen molar-refractivity contribution in [3.05, 3.63) is 204 Å². The van der Waals surface area contributed by atoms with E-state index in [2.05, 4.69) is 102 Å². The maximum atomic E-state index is 4.58. The molecule has 4 heterocycles. The van der Waals surface area contributed by atoms with Crippen LogP contribution < -0.4 is 0 Å². The highest BCUT2D eigenvalue weighted by Gasteiger charge is 1.91. The number of thiophene rings is 1. The summed E-state index contributed by atoms with van der Waals surface area (Å²) in [6.45, 7) is 18.3. The van der Waals surface area contributed by atoms with E-state index in [1.54, 1.807) is 36.3 Å². The molecule has 3 nitrogen and oxygen atoms in total. The topological polar surface area (TPSA) is 38.9 Å². The van der Waals surface area contributed by atoms with Crippen LogP contribution in [0.2, 0.25) is 0 Å². The van der Waals surface area contributed by atoms with Crippen LogP contribution in [0.5, 0.6) is 0 Å². The van der Waals surface area contributed by atoms with Crippen LogP contribution in [0, 0.1) is 20.8 Å². The van der Waals surface area contributed by atoms with Gasteiger partial charge in [0.1, 0.15) is 0 Å². The van der Waals surface area contributed by atoms with Crippen LogP contribution in [0.4, 0.5) is 0 Å². The van der Waals surface area contributed by atoms with Crippen molar-refractivity contribution in [3.63, 3.8) is 0 Å². The van der Waals surface area contributed by atoms with E-state index in [4.69, 9.17) is 0 Å². The number of hydrogen-bond donors (Lipinski definition) is 0. The van der Waals surface area contributed by atoms with E-state index in [1.807, 2.05) is 137 Å². The first-order valence-corrected chi connectivity index (χ1v) is 18.6. The number of aromatic nitrogens is 2. The molecule has 0 aliphatic rings. The standard InChI is InChI=1S/C11H10.C10H9N.C7H8.C5H5N.C4H4O.C4H4S.3C2H6/c1-9-6-7-10-4-2-3-5-11(10)8-9;1-8-6-9-4-2-3-5-10(9)11-7-8;1-7-5-3-2-4-6-7;1-2-4-6-5-3-1;2*1-2-4-5-3-1;3*1-2/h2-8H,1H3;2-7H,1H3;2-6H,1H3;1-5H;2*1-4H;3*1-2H3. The summed E-state index contributed by atoms with van der Waals surface area (Å²) in [4.78, 5) is 8.07. The van der Waals surface area contributed by atoms with E-state index >= 15 is 0 Å². The molecule has 4 aromatic heterocycles. The van der Waals surface area contributed by atoms with Crippen molar-refractivity contribution in [2.75, 3.05) is 0 Å². The molecule has 0 radical (unpaired) electrons. The molecular weight excluding hydrogens is 641 g/mol. The lowest BCUT2D eigenvalue weighted by molar-refractivity contribution is 0.567. The van der Waals surface area contributed by atoms with Crippen molar-refractivity contribution in [2.24, 2.45) is 0 Å². The van der Waals surface area contributed by atoms with Gasteiger partial charge in [-0.2, -0.15) is 11.3 Å². The van der Waals surface area contributed by atoms with E-state index in [0.717, 1.165) is 5.52 Å². The largest absolute Gasteiger partial charge is 0.473 e. The molecule has 0 bridgehead atoms. The van der Waals surface area contributed by atoms with Gasteiger partial charge in [-0.15, -0.1) is 0 Å². The van der Waals surface area contributed by atoms with E-state index in [1.165, 1.54) is 32.8 Å². The van der Waals surface area contributed by atoms with Gasteiger partial charge in [0.25, 0.3) is 0 Å². The van der Waals surface area contributed by atoms with Gasteiger partial charge in [0.2, 0.25) is 0 Å². The smallest absolute Gasteiger partial charge is 0.0902 e. The molecule has 0 unspecified atom stereocenters. The number of furan rings is 1. The molecular formula is C47H58N2OS. The molecule has 0 saturated heterocycles. The van der Waals surface area contributed by atoms with Gasteiger partial charge in [0.05, 0.1) is 18.0 Å². The Kier molecular flexibility index (Phi) is 29.7. The number of pyridine rings is 2. The number of nitrogens with zero attached hydrogens (tertiary/aromatic N) is 2. The molecule has 0 amide bonds. The summed E-state index contributed by atoms with van der Waals surface area (Å²) < 4.78 is 4.58.